The predicted molar refractivity (Wildman–Crippen MR) is 114 cm³/mol. The molecule has 0 fully saturated rings. The van der Waals surface area contributed by atoms with Crippen LogP contribution in [0, 0.1) is 0 Å². The zero-order chi connectivity index (χ0) is 19.2. The molecule has 0 saturated carbocycles. The zero-order valence-electron chi connectivity index (χ0n) is 14.6. The van der Waals surface area contributed by atoms with Crippen LogP contribution in [0.1, 0.15) is 15.2 Å². The summed E-state index contributed by atoms with van der Waals surface area (Å²) in [4.78, 5) is 17.0. The van der Waals surface area contributed by atoms with Gasteiger partial charge in [-0.15, -0.1) is 22.7 Å². The summed E-state index contributed by atoms with van der Waals surface area (Å²) in [7, 11) is 0. The Kier molecular flexibility index (Phi) is 5.56. The summed E-state index contributed by atoms with van der Waals surface area (Å²) >= 11 is 2.85. The van der Waals surface area contributed by atoms with E-state index in [0.717, 1.165) is 22.0 Å². The Hall–Kier alpha value is -3.29. The molecule has 2 heterocycles. The topological polar surface area (TPSA) is 63.6 Å². The van der Waals surface area contributed by atoms with Crippen molar-refractivity contribution in [2.75, 3.05) is 5.43 Å². The number of esters is 1. The smallest absolute Gasteiger partial charge is 0.353 e. The second-order valence-corrected chi connectivity index (χ2v) is 7.52. The number of hydrogen-bond acceptors (Lipinski definition) is 7. The van der Waals surface area contributed by atoms with Crippen LogP contribution in [0.5, 0.6) is 5.75 Å². The summed E-state index contributed by atoms with van der Waals surface area (Å²) in [5.41, 5.74) is 5.81. The van der Waals surface area contributed by atoms with Gasteiger partial charge in [0.25, 0.3) is 0 Å². The van der Waals surface area contributed by atoms with Crippen LogP contribution in [0.15, 0.2) is 82.6 Å². The fraction of sp³-hybridized carbons (Fsp3) is 0. The van der Waals surface area contributed by atoms with Crippen molar-refractivity contribution in [3.8, 4) is 17.0 Å². The molecule has 138 valence electrons. The summed E-state index contributed by atoms with van der Waals surface area (Å²) in [5, 5.41) is 8.77. The second kappa shape index (κ2) is 8.60. The lowest BCUT2D eigenvalue weighted by atomic mass is 10.2. The van der Waals surface area contributed by atoms with Crippen molar-refractivity contribution in [3.63, 3.8) is 0 Å². The molecule has 0 aliphatic carbocycles. The Morgan fingerprint density at radius 2 is 1.82 bits per heavy atom. The number of carbonyl (C=O) groups excluding carboxylic acids is 1. The molecule has 0 aliphatic heterocycles. The highest BCUT2D eigenvalue weighted by Gasteiger charge is 2.09. The van der Waals surface area contributed by atoms with Gasteiger partial charge in [0.2, 0.25) is 5.13 Å². The molecule has 0 spiro atoms. The van der Waals surface area contributed by atoms with Crippen LogP contribution in [0.2, 0.25) is 0 Å². The van der Waals surface area contributed by atoms with Crippen LogP contribution in [0.3, 0.4) is 0 Å². The van der Waals surface area contributed by atoms with Crippen molar-refractivity contribution in [2.24, 2.45) is 5.10 Å². The number of hydrazone groups is 1. The van der Waals surface area contributed by atoms with Gasteiger partial charge < -0.3 is 4.74 Å². The lowest BCUT2D eigenvalue weighted by molar-refractivity contribution is 0.0740. The maximum Gasteiger partial charge on any atom is 0.353 e. The molecule has 7 heteroatoms. The van der Waals surface area contributed by atoms with E-state index in [1.165, 1.54) is 22.7 Å². The lowest BCUT2D eigenvalue weighted by Crippen LogP contribution is -2.06. The Morgan fingerprint density at radius 1 is 1.00 bits per heavy atom. The molecule has 0 saturated heterocycles. The third-order valence-electron chi connectivity index (χ3n) is 3.76. The van der Waals surface area contributed by atoms with E-state index in [9.17, 15) is 4.79 Å². The van der Waals surface area contributed by atoms with Crippen molar-refractivity contribution >= 4 is 40.0 Å². The molecule has 2 aromatic carbocycles. The molecule has 0 radical (unpaired) electrons. The van der Waals surface area contributed by atoms with Crippen molar-refractivity contribution in [1.29, 1.82) is 0 Å². The first-order valence-electron chi connectivity index (χ1n) is 8.44. The summed E-state index contributed by atoms with van der Waals surface area (Å²) in [6, 6.07) is 20.7. The van der Waals surface area contributed by atoms with Gasteiger partial charge in [-0.1, -0.05) is 36.4 Å². The van der Waals surface area contributed by atoms with E-state index in [1.807, 2.05) is 59.3 Å². The average molecular weight is 406 g/mol. The minimum atomic E-state index is -0.351. The standard InChI is InChI=1S/C21H15N3O2S2/c25-20(19-7-4-12-27-19)26-17-10-8-15(9-11-17)13-22-24-21-23-18(14-28-21)16-5-2-1-3-6-16/h1-14H,(H,23,24). The number of nitrogens with one attached hydrogen (secondary N) is 1. The van der Waals surface area contributed by atoms with Crippen LogP contribution in [-0.4, -0.2) is 17.2 Å². The largest absolute Gasteiger partial charge is 0.422 e. The molecule has 4 aromatic rings. The number of ether oxygens (including phenoxy) is 1. The first-order chi connectivity index (χ1) is 13.8. The van der Waals surface area contributed by atoms with Crippen LogP contribution >= 0.6 is 22.7 Å². The summed E-state index contributed by atoms with van der Waals surface area (Å²) in [5.74, 6) is 0.145. The first-order valence-corrected chi connectivity index (χ1v) is 10.2. The van der Waals surface area contributed by atoms with E-state index in [-0.39, 0.29) is 5.97 Å². The molecule has 0 bridgehead atoms. The number of thiazole rings is 1. The Bertz CT molecular complexity index is 1070. The molecule has 1 N–H and O–H groups in total. The van der Waals surface area contributed by atoms with Gasteiger partial charge >= 0.3 is 5.97 Å². The highest BCUT2D eigenvalue weighted by Crippen LogP contribution is 2.24. The number of nitrogens with zero attached hydrogens (tertiary/aromatic N) is 2. The zero-order valence-corrected chi connectivity index (χ0v) is 16.2. The minimum absolute atomic E-state index is 0.351. The van der Waals surface area contributed by atoms with E-state index in [1.54, 1.807) is 24.4 Å². The number of anilines is 1. The maximum absolute atomic E-state index is 11.9. The Morgan fingerprint density at radius 3 is 2.57 bits per heavy atom. The first kappa shape index (κ1) is 18.1. The lowest BCUT2D eigenvalue weighted by Gasteiger charge is -2.02. The molecule has 0 unspecified atom stereocenters. The van der Waals surface area contributed by atoms with Gasteiger partial charge in [-0.05, 0) is 41.3 Å². The molecule has 0 amide bonds. The van der Waals surface area contributed by atoms with E-state index in [4.69, 9.17) is 4.74 Å². The van der Waals surface area contributed by atoms with Gasteiger partial charge in [-0.2, -0.15) is 5.10 Å². The summed E-state index contributed by atoms with van der Waals surface area (Å²) in [6.07, 6.45) is 1.69. The summed E-state index contributed by atoms with van der Waals surface area (Å²) < 4.78 is 5.34. The van der Waals surface area contributed by atoms with Crippen LogP contribution in [-0.2, 0) is 0 Å². The maximum atomic E-state index is 11.9. The fourth-order valence-electron chi connectivity index (χ4n) is 2.40. The molecule has 0 atom stereocenters. The fourth-order valence-corrected chi connectivity index (χ4v) is 3.67. The monoisotopic (exact) mass is 405 g/mol. The molecule has 4 rings (SSSR count). The van der Waals surface area contributed by atoms with E-state index in [0.29, 0.717) is 10.6 Å². The quantitative estimate of drug-likeness (QED) is 0.198. The molecular formula is C21H15N3O2S2. The van der Waals surface area contributed by atoms with Crippen molar-refractivity contribution in [1.82, 2.24) is 4.98 Å². The SMILES string of the molecule is O=C(Oc1ccc(C=NNc2nc(-c3ccccc3)cs2)cc1)c1cccs1. The van der Waals surface area contributed by atoms with E-state index < -0.39 is 0 Å². The van der Waals surface area contributed by atoms with Gasteiger partial charge in [0.1, 0.15) is 10.6 Å². The molecule has 5 nitrogen and oxygen atoms in total. The van der Waals surface area contributed by atoms with Gasteiger partial charge in [-0.25, -0.2) is 9.78 Å². The number of rotatable bonds is 6. The second-order valence-electron chi connectivity index (χ2n) is 5.71. The highest BCUT2D eigenvalue weighted by atomic mass is 32.1. The van der Waals surface area contributed by atoms with Crippen molar-refractivity contribution in [3.05, 3.63) is 87.9 Å². The molecule has 2 aromatic heterocycles. The Balaban J connectivity index is 1.34. The van der Waals surface area contributed by atoms with Crippen molar-refractivity contribution in [2.45, 2.75) is 0 Å². The van der Waals surface area contributed by atoms with Crippen LogP contribution in [0.25, 0.3) is 11.3 Å². The van der Waals surface area contributed by atoms with E-state index in [2.05, 4.69) is 15.5 Å². The van der Waals surface area contributed by atoms with Crippen LogP contribution < -0.4 is 10.2 Å². The van der Waals surface area contributed by atoms with Gasteiger partial charge in [0, 0.05) is 10.9 Å². The highest BCUT2D eigenvalue weighted by molar-refractivity contribution is 7.14. The number of thiophene rings is 1. The van der Waals surface area contributed by atoms with Gasteiger partial charge in [0.15, 0.2) is 0 Å². The average Bonchev–Trinajstić information content (AvgIpc) is 3.42. The number of aromatic nitrogens is 1. The third kappa shape index (κ3) is 4.51. The van der Waals surface area contributed by atoms with Crippen LogP contribution in [0.4, 0.5) is 5.13 Å². The van der Waals surface area contributed by atoms with Crippen molar-refractivity contribution < 1.29 is 9.53 Å². The third-order valence-corrected chi connectivity index (χ3v) is 5.36. The molecule has 0 aliphatic rings. The minimum Gasteiger partial charge on any atom is -0.422 e. The van der Waals surface area contributed by atoms with Gasteiger partial charge in [-0.3, -0.25) is 5.43 Å². The Labute approximate surface area is 170 Å². The number of hydrogen-bond donors (Lipinski definition) is 1. The summed E-state index contributed by atoms with van der Waals surface area (Å²) in [6.45, 7) is 0. The van der Waals surface area contributed by atoms with Gasteiger partial charge in [0.05, 0.1) is 11.9 Å². The van der Waals surface area contributed by atoms with E-state index >= 15 is 0 Å². The molecular weight excluding hydrogens is 390 g/mol. The normalized spacial score (nSPS) is 10.9. The molecule has 28 heavy (non-hydrogen) atoms. The predicted octanol–water partition coefficient (Wildman–Crippen LogP) is 5.54. The number of benzene rings is 2. The number of carbonyl (C=O) groups is 1.